The average molecular weight is 272 g/mol. The van der Waals surface area contributed by atoms with Gasteiger partial charge in [0.05, 0.1) is 7.11 Å². The molecule has 2 atom stereocenters. The fourth-order valence-electron chi connectivity index (χ4n) is 2.46. The zero-order valence-corrected chi connectivity index (χ0v) is 11.4. The molecule has 1 amide bonds. The molecule has 0 unspecified atom stereocenters. The molecule has 1 fully saturated rings. The molecule has 1 saturated heterocycles. The summed E-state index contributed by atoms with van der Waals surface area (Å²) in [5.41, 5.74) is 6.70. The second-order valence-corrected chi connectivity index (χ2v) is 4.83. The van der Waals surface area contributed by atoms with Gasteiger partial charge in [-0.1, -0.05) is 0 Å². The van der Waals surface area contributed by atoms with E-state index in [1.807, 2.05) is 43.3 Å². The minimum absolute atomic E-state index is 0.103. The molecule has 5 heteroatoms. The highest BCUT2D eigenvalue weighted by atomic mass is 16.5. The number of methoxy groups -OCH3 is 1. The molecule has 1 aromatic heterocycles. The number of hydrogen-bond donors (Lipinski definition) is 1. The Morgan fingerprint density at radius 2 is 1.90 bits per heavy atom. The van der Waals surface area contributed by atoms with E-state index >= 15 is 0 Å². The van der Waals surface area contributed by atoms with Crippen LogP contribution in [0.1, 0.15) is 17.6 Å². The van der Waals surface area contributed by atoms with Gasteiger partial charge < -0.3 is 14.9 Å². The first-order valence-corrected chi connectivity index (χ1v) is 6.41. The molecule has 3 rings (SSSR count). The topological polar surface area (TPSA) is 68.7 Å². The van der Waals surface area contributed by atoms with Gasteiger partial charge in [-0.15, -0.1) is 0 Å². The van der Waals surface area contributed by atoms with Gasteiger partial charge in [-0.25, -0.2) is 0 Å². The monoisotopic (exact) mass is 272 g/mol. The van der Waals surface area contributed by atoms with Crippen LogP contribution in [0.3, 0.4) is 0 Å². The van der Waals surface area contributed by atoms with Crippen LogP contribution >= 0.6 is 0 Å². The summed E-state index contributed by atoms with van der Waals surface area (Å²) in [5.74, 6) is 2.16. The van der Waals surface area contributed by atoms with Crippen molar-refractivity contribution in [3.05, 3.63) is 47.9 Å². The minimum Gasteiger partial charge on any atom is -0.497 e. The number of ether oxygens (including phenoxy) is 1. The Labute approximate surface area is 116 Å². The number of furan rings is 1. The van der Waals surface area contributed by atoms with Crippen LogP contribution in [0.25, 0.3) is 0 Å². The lowest BCUT2D eigenvalue weighted by molar-refractivity contribution is -0.126. The molecule has 104 valence electrons. The maximum Gasteiger partial charge on any atom is 0.247 e. The van der Waals surface area contributed by atoms with Crippen molar-refractivity contribution in [3.8, 4) is 5.75 Å². The number of benzene rings is 1. The first-order chi connectivity index (χ1) is 9.61. The van der Waals surface area contributed by atoms with Gasteiger partial charge in [0.1, 0.15) is 29.4 Å². The second-order valence-electron chi connectivity index (χ2n) is 4.83. The van der Waals surface area contributed by atoms with Gasteiger partial charge in [0.25, 0.3) is 0 Å². The lowest BCUT2D eigenvalue weighted by Crippen LogP contribution is -2.63. The number of nitrogens with two attached hydrogens (primary N) is 1. The van der Waals surface area contributed by atoms with E-state index < -0.39 is 6.04 Å². The van der Waals surface area contributed by atoms with Crippen molar-refractivity contribution in [1.82, 2.24) is 0 Å². The van der Waals surface area contributed by atoms with Crippen LogP contribution in [-0.2, 0) is 4.79 Å². The van der Waals surface area contributed by atoms with E-state index in [1.165, 1.54) is 0 Å². The molecule has 1 aliphatic rings. The van der Waals surface area contributed by atoms with E-state index in [9.17, 15) is 4.79 Å². The van der Waals surface area contributed by atoms with Crippen molar-refractivity contribution < 1.29 is 13.9 Å². The third-order valence-electron chi connectivity index (χ3n) is 3.54. The van der Waals surface area contributed by atoms with Gasteiger partial charge in [-0.3, -0.25) is 9.69 Å². The second kappa shape index (κ2) is 4.68. The third-order valence-corrected chi connectivity index (χ3v) is 3.54. The maximum atomic E-state index is 12.0. The summed E-state index contributed by atoms with van der Waals surface area (Å²) in [6, 6.07) is 10.2. The number of amides is 1. The quantitative estimate of drug-likeness (QED) is 0.868. The van der Waals surface area contributed by atoms with Gasteiger partial charge in [-0.2, -0.15) is 0 Å². The molecule has 5 nitrogen and oxygen atoms in total. The normalized spacial score (nSPS) is 21.8. The molecule has 20 heavy (non-hydrogen) atoms. The largest absolute Gasteiger partial charge is 0.497 e. The minimum atomic E-state index is -0.553. The Morgan fingerprint density at radius 3 is 2.45 bits per heavy atom. The van der Waals surface area contributed by atoms with Crippen LogP contribution in [0.15, 0.2) is 40.8 Å². The standard InChI is InChI=1S/C15H16N2O3/c1-9-3-8-12(20-9)14-13(16)15(18)17(14)10-4-6-11(19-2)7-5-10/h3-8,13-14H,16H2,1-2H3/t13-,14+/m0/s1. The third kappa shape index (κ3) is 1.87. The molecule has 1 aliphatic heterocycles. The Hall–Kier alpha value is -2.27. The zero-order valence-electron chi connectivity index (χ0n) is 11.4. The van der Waals surface area contributed by atoms with E-state index in [4.69, 9.17) is 14.9 Å². The number of aryl methyl sites for hydroxylation is 1. The summed E-state index contributed by atoms with van der Waals surface area (Å²) < 4.78 is 10.7. The Bertz CT molecular complexity index is 633. The number of anilines is 1. The van der Waals surface area contributed by atoms with Crippen LogP contribution in [-0.4, -0.2) is 19.1 Å². The molecule has 0 saturated carbocycles. The SMILES string of the molecule is COc1ccc(N2C(=O)[C@@H](N)[C@H]2c2ccc(C)o2)cc1. The van der Waals surface area contributed by atoms with E-state index in [0.717, 1.165) is 17.2 Å². The molecule has 0 bridgehead atoms. The fourth-order valence-corrected chi connectivity index (χ4v) is 2.46. The summed E-state index contributed by atoms with van der Waals surface area (Å²) in [6.45, 7) is 1.87. The molecule has 1 aromatic carbocycles. The molecule has 0 radical (unpaired) electrons. The van der Waals surface area contributed by atoms with Crippen molar-refractivity contribution in [3.63, 3.8) is 0 Å². The van der Waals surface area contributed by atoms with Gasteiger partial charge in [0.2, 0.25) is 5.91 Å². The van der Waals surface area contributed by atoms with Crippen LogP contribution in [0.5, 0.6) is 5.75 Å². The summed E-state index contributed by atoms with van der Waals surface area (Å²) in [4.78, 5) is 13.7. The molecule has 2 N–H and O–H groups in total. The van der Waals surface area contributed by atoms with E-state index in [2.05, 4.69) is 0 Å². The lowest BCUT2D eigenvalue weighted by atomic mass is 9.92. The van der Waals surface area contributed by atoms with Crippen molar-refractivity contribution >= 4 is 11.6 Å². The number of nitrogens with zero attached hydrogens (tertiary/aromatic N) is 1. The molecule has 2 heterocycles. The van der Waals surface area contributed by atoms with Gasteiger partial charge in [-0.05, 0) is 43.3 Å². The van der Waals surface area contributed by atoms with E-state index in [1.54, 1.807) is 12.0 Å². The van der Waals surface area contributed by atoms with Crippen molar-refractivity contribution in [2.24, 2.45) is 5.73 Å². The Kier molecular flexibility index (Phi) is 2.99. The predicted molar refractivity (Wildman–Crippen MR) is 74.6 cm³/mol. The van der Waals surface area contributed by atoms with Crippen LogP contribution in [0, 0.1) is 6.92 Å². The number of carbonyl (C=O) groups is 1. The molecular weight excluding hydrogens is 256 g/mol. The van der Waals surface area contributed by atoms with Gasteiger partial charge in [0.15, 0.2) is 0 Å². The highest BCUT2D eigenvalue weighted by molar-refractivity contribution is 6.05. The maximum absolute atomic E-state index is 12.0. The molecular formula is C15H16N2O3. The summed E-state index contributed by atoms with van der Waals surface area (Å²) in [7, 11) is 1.61. The number of carbonyl (C=O) groups excluding carboxylic acids is 1. The van der Waals surface area contributed by atoms with Crippen LogP contribution < -0.4 is 15.4 Å². The highest BCUT2D eigenvalue weighted by Gasteiger charge is 2.48. The zero-order chi connectivity index (χ0) is 14.3. The molecule has 0 spiro atoms. The van der Waals surface area contributed by atoms with Gasteiger partial charge in [0, 0.05) is 5.69 Å². The van der Waals surface area contributed by atoms with Crippen molar-refractivity contribution in [2.45, 2.75) is 19.0 Å². The lowest BCUT2D eigenvalue weighted by Gasteiger charge is -2.44. The summed E-state index contributed by atoms with van der Waals surface area (Å²) >= 11 is 0. The van der Waals surface area contributed by atoms with Crippen molar-refractivity contribution in [2.75, 3.05) is 12.0 Å². The fraction of sp³-hybridized carbons (Fsp3) is 0.267. The number of rotatable bonds is 3. The molecule has 2 aromatic rings. The summed E-state index contributed by atoms with van der Waals surface area (Å²) in [5, 5.41) is 0. The Morgan fingerprint density at radius 1 is 1.20 bits per heavy atom. The number of β-lactam (4-membered cyclic amide) rings is 1. The Balaban J connectivity index is 1.92. The highest BCUT2D eigenvalue weighted by Crippen LogP contribution is 2.39. The molecule has 0 aliphatic carbocycles. The predicted octanol–water partition coefficient (Wildman–Crippen LogP) is 2.01. The van der Waals surface area contributed by atoms with Crippen LogP contribution in [0.2, 0.25) is 0 Å². The average Bonchev–Trinajstić information content (AvgIpc) is 2.89. The summed E-state index contributed by atoms with van der Waals surface area (Å²) in [6.07, 6.45) is 0. The van der Waals surface area contributed by atoms with Gasteiger partial charge >= 0.3 is 0 Å². The first kappa shape index (κ1) is 12.7. The van der Waals surface area contributed by atoms with Crippen LogP contribution in [0.4, 0.5) is 5.69 Å². The van der Waals surface area contributed by atoms with E-state index in [-0.39, 0.29) is 11.9 Å². The number of hydrogen-bond acceptors (Lipinski definition) is 4. The van der Waals surface area contributed by atoms with E-state index in [0.29, 0.717) is 5.76 Å². The first-order valence-electron chi connectivity index (χ1n) is 6.41. The smallest absolute Gasteiger partial charge is 0.247 e. The van der Waals surface area contributed by atoms with Crippen molar-refractivity contribution in [1.29, 1.82) is 0 Å².